The third kappa shape index (κ3) is 5.68. The van der Waals surface area contributed by atoms with E-state index in [1.54, 1.807) is 0 Å². The van der Waals surface area contributed by atoms with Gasteiger partial charge in [0.1, 0.15) is 24.1 Å². The molecule has 2 aromatic rings. The topological polar surface area (TPSA) is 84.4 Å². The third-order valence-corrected chi connectivity index (χ3v) is 8.01. The molecule has 4 atom stereocenters. The second kappa shape index (κ2) is 11.6. The molecule has 0 spiro atoms. The van der Waals surface area contributed by atoms with Gasteiger partial charge in [-0.3, -0.25) is 9.59 Å². The number of primary amides is 1. The summed E-state index contributed by atoms with van der Waals surface area (Å²) in [5.41, 5.74) is 9.63. The predicted octanol–water partition coefficient (Wildman–Crippen LogP) is 4.84. The molecule has 2 bridgehead atoms. The van der Waals surface area contributed by atoms with Crippen LogP contribution in [-0.4, -0.2) is 41.7 Å². The molecule has 1 fully saturated rings. The number of nitrogens with zero attached hydrogens (tertiary/aromatic N) is 1. The molecular formula is C31H38N3O3+. The van der Waals surface area contributed by atoms with E-state index < -0.39 is 5.91 Å². The van der Waals surface area contributed by atoms with Crippen LogP contribution in [0.3, 0.4) is 0 Å². The highest BCUT2D eigenvalue weighted by Crippen LogP contribution is 2.41. The van der Waals surface area contributed by atoms with Crippen LogP contribution in [0.2, 0.25) is 0 Å². The van der Waals surface area contributed by atoms with E-state index in [0.717, 1.165) is 54.0 Å². The van der Waals surface area contributed by atoms with Crippen LogP contribution in [0, 0.1) is 17.8 Å². The lowest BCUT2D eigenvalue weighted by Crippen LogP contribution is -2.51. The van der Waals surface area contributed by atoms with E-state index in [-0.39, 0.29) is 23.8 Å². The van der Waals surface area contributed by atoms with Gasteiger partial charge in [-0.2, -0.15) is 0 Å². The Morgan fingerprint density at radius 2 is 1.78 bits per heavy atom. The zero-order chi connectivity index (χ0) is 26.5. The Morgan fingerprint density at radius 3 is 2.41 bits per heavy atom. The summed E-state index contributed by atoms with van der Waals surface area (Å²) >= 11 is 0. The summed E-state index contributed by atoms with van der Waals surface area (Å²) in [4.78, 5) is 25.0. The molecule has 6 nitrogen and oxygen atoms in total. The summed E-state index contributed by atoms with van der Waals surface area (Å²) in [7, 11) is 2.05. The minimum absolute atomic E-state index is 0.122. The zero-order valence-electron chi connectivity index (χ0n) is 22.1. The van der Waals surface area contributed by atoms with Gasteiger partial charge < -0.3 is 15.8 Å². The first-order valence-corrected chi connectivity index (χ1v) is 13.2. The summed E-state index contributed by atoms with van der Waals surface area (Å²) in [6.07, 6.45) is 5.28. The van der Waals surface area contributed by atoms with Gasteiger partial charge in [0.05, 0.1) is 0 Å². The molecule has 0 saturated heterocycles. The molecule has 2 aliphatic rings. The number of hydrogen-bond donors (Lipinski definition) is 2. The number of para-hydroxylation sites is 1. The van der Waals surface area contributed by atoms with Crippen LogP contribution in [0.1, 0.15) is 45.1 Å². The summed E-state index contributed by atoms with van der Waals surface area (Å²) in [6, 6.07) is 17.6. The van der Waals surface area contributed by atoms with E-state index in [0.29, 0.717) is 18.0 Å². The van der Waals surface area contributed by atoms with Gasteiger partial charge in [-0.1, -0.05) is 45.0 Å². The Bertz CT molecular complexity index is 1210. The highest BCUT2D eigenvalue weighted by molar-refractivity contribution is 6.26. The number of amides is 2. The molecule has 37 heavy (non-hydrogen) atoms. The van der Waals surface area contributed by atoms with Gasteiger partial charge in [-0.15, -0.1) is 0 Å². The van der Waals surface area contributed by atoms with Gasteiger partial charge in [-0.25, -0.2) is 4.58 Å². The van der Waals surface area contributed by atoms with Gasteiger partial charge in [0.15, 0.2) is 6.04 Å². The molecule has 6 heteroatoms. The van der Waals surface area contributed by atoms with Crippen molar-refractivity contribution in [1.82, 2.24) is 5.32 Å². The molecule has 0 radical (unpaired) electrons. The fourth-order valence-electron chi connectivity index (χ4n) is 6.10. The maximum absolute atomic E-state index is 13.0. The second-order valence-electron chi connectivity index (χ2n) is 10.2. The largest absolute Gasteiger partial charge is 0.457 e. The monoisotopic (exact) mass is 500 g/mol. The summed E-state index contributed by atoms with van der Waals surface area (Å²) < 4.78 is 8.21. The summed E-state index contributed by atoms with van der Waals surface area (Å²) in [5, 5.41) is 3.03. The zero-order valence-corrected chi connectivity index (χ0v) is 22.1. The van der Waals surface area contributed by atoms with Crippen molar-refractivity contribution >= 4 is 17.5 Å². The van der Waals surface area contributed by atoms with E-state index in [4.69, 9.17) is 10.5 Å². The van der Waals surface area contributed by atoms with E-state index in [1.165, 1.54) is 6.08 Å². The second-order valence-corrected chi connectivity index (χ2v) is 10.2. The maximum atomic E-state index is 13.0. The van der Waals surface area contributed by atoms with Crippen LogP contribution in [0.25, 0.3) is 0 Å². The maximum Gasteiger partial charge on any atom is 0.255 e. The number of ether oxygens (including phenoxy) is 1. The first-order chi connectivity index (χ1) is 17.8. The standard InChI is InChI=1S/C31H37N3O3/c1-5-21-12-13-23(19-33-27(35)6-2)29-20(3)26(18-21)28(31(32)36)30(34(29)4)22-14-16-25(17-15-22)37-24-10-8-7-9-11-24/h6-11,14-17,20-21,23,29H,2,5,12-13,18-19H2,1,3-4H3,(H2-,32,33,35,36)/p+1. The van der Waals surface area contributed by atoms with E-state index in [1.807, 2.05) is 61.6 Å². The van der Waals surface area contributed by atoms with Crippen LogP contribution < -0.4 is 15.8 Å². The molecule has 194 valence electrons. The molecule has 1 aliphatic heterocycles. The highest BCUT2D eigenvalue weighted by Gasteiger charge is 2.46. The third-order valence-electron chi connectivity index (χ3n) is 8.01. The quantitative estimate of drug-likeness (QED) is 0.402. The number of carbonyl (C=O) groups excluding carboxylic acids is 2. The smallest absolute Gasteiger partial charge is 0.255 e. The van der Waals surface area contributed by atoms with E-state index >= 15 is 0 Å². The number of benzene rings is 2. The number of rotatable bonds is 8. The first kappa shape index (κ1) is 26.4. The van der Waals surface area contributed by atoms with E-state index in [9.17, 15) is 9.59 Å². The van der Waals surface area contributed by atoms with Gasteiger partial charge >= 0.3 is 0 Å². The fraction of sp³-hybridized carbons (Fsp3) is 0.387. The van der Waals surface area contributed by atoms with Crippen molar-refractivity contribution in [3.05, 3.63) is 84.0 Å². The van der Waals surface area contributed by atoms with Crippen LogP contribution in [0.15, 0.2) is 78.4 Å². The SMILES string of the molecule is C=CC(=O)NCC1CCC(CC)CC2=C(C(N)=O)C(c3ccc(Oc4ccccc4)cc3)=[N+](C)C1C2C. The van der Waals surface area contributed by atoms with Gasteiger partial charge in [-0.05, 0) is 73.2 Å². The van der Waals surface area contributed by atoms with E-state index in [2.05, 4.69) is 30.3 Å². The summed E-state index contributed by atoms with van der Waals surface area (Å²) in [5.74, 6) is 1.77. The Balaban J connectivity index is 1.77. The Morgan fingerprint density at radius 1 is 1.11 bits per heavy atom. The van der Waals surface area contributed by atoms with Crippen molar-refractivity contribution in [2.24, 2.45) is 23.5 Å². The van der Waals surface area contributed by atoms with Crippen LogP contribution in [-0.2, 0) is 9.59 Å². The van der Waals surface area contributed by atoms with Crippen molar-refractivity contribution in [2.45, 2.75) is 45.6 Å². The highest BCUT2D eigenvalue weighted by atomic mass is 16.5. The molecule has 1 aliphatic carbocycles. The van der Waals surface area contributed by atoms with Gasteiger partial charge in [0.25, 0.3) is 5.91 Å². The molecular weight excluding hydrogens is 462 g/mol. The average molecular weight is 501 g/mol. The van der Waals surface area contributed by atoms with Crippen LogP contribution in [0.4, 0.5) is 0 Å². The molecule has 2 amide bonds. The molecule has 1 saturated carbocycles. The minimum atomic E-state index is -0.390. The van der Waals surface area contributed by atoms with Crippen molar-refractivity contribution in [3.63, 3.8) is 0 Å². The van der Waals surface area contributed by atoms with Crippen molar-refractivity contribution in [3.8, 4) is 11.5 Å². The van der Waals surface area contributed by atoms with Crippen LogP contribution >= 0.6 is 0 Å². The Labute approximate surface area is 219 Å². The van der Waals surface area contributed by atoms with Crippen molar-refractivity contribution in [1.29, 1.82) is 0 Å². The Kier molecular flexibility index (Phi) is 8.27. The van der Waals surface area contributed by atoms with Gasteiger partial charge in [0.2, 0.25) is 11.6 Å². The molecule has 2 aromatic carbocycles. The number of fused-ring (bicyclic) bond motifs is 2. The molecule has 3 N–H and O–H groups in total. The first-order valence-electron chi connectivity index (χ1n) is 13.2. The molecule has 0 aromatic heterocycles. The number of nitrogens with two attached hydrogens (primary N) is 1. The number of hydrogen-bond acceptors (Lipinski definition) is 3. The lowest BCUT2D eigenvalue weighted by Gasteiger charge is -2.39. The molecule has 4 rings (SSSR count). The summed E-state index contributed by atoms with van der Waals surface area (Å²) in [6.45, 7) is 8.57. The Hall–Kier alpha value is -3.67. The molecule has 1 heterocycles. The van der Waals surface area contributed by atoms with Crippen molar-refractivity contribution in [2.75, 3.05) is 13.6 Å². The lowest BCUT2D eigenvalue weighted by atomic mass is 9.69. The van der Waals surface area contributed by atoms with Crippen molar-refractivity contribution < 1.29 is 18.9 Å². The lowest BCUT2D eigenvalue weighted by molar-refractivity contribution is -0.556. The number of nitrogens with one attached hydrogen (secondary N) is 1. The average Bonchev–Trinajstić information content (AvgIpc) is 2.90. The fourth-order valence-corrected chi connectivity index (χ4v) is 6.10. The van der Waals surface area contributed by atoms with Crippen LogP contribution in [0.5, 0.6) is 11.5 Å². The van der Waals surface area contributed by atoms with Gasteiger partial charge in [0, 0.05) is 23.9 Å². The molecule has 4 unspecified atom stereocenters. The number of carbonyl (C=O) groups is 2. The minimum Gasteiger partial charge on any atom is -0.457 e. The normalized spacial score (nSPS) is 23.6. The predicted molar refractivity (Wildman–Crippen MR) is 147 cm³/mol.